The summed E-state index contributed by atoms with van der Waals surface area (Å²) < 4.78 is 0. The maximum absolute atomic E-state index is 12.7. The van der Waals surface area contributed by atoms with Crippen LogP contribution in [0.25, 0.3) is 6.08 Å². The highest BCUT2D eigenvalue weighted by molar-refractivity contribution is 7.80. The van der Waals surface area contributed by atoms with E-state index < -0.39 is 5.91 Å². The lowest BCUT2D eigenvalue weighted by molar-refractivity contribution is -0.128. The van der Waals surface area contributed by atoms with Gasteiger partial charge in [-0.2, -0.15) is 0 Å². The molecule has 0 bridgehead atoms. The summed E-state index contributed by atoms with van der Waals surface area (Å²) in [5.41, 5.74) is 5.05. The number of amides is 2. The Morgan fingerprint density at radius 1 is 1.15 bits per heavy atom. The van der Waals surface area contributed by atoms with Crippen LogP contribution in [0.5, 0.6) is 0 Å². The highest BCUT2D eigenvalue weighted by Gasteiger charge is 2.33. The quantitative estimate of drug-likeness (QED) is 0.385. The average molecular weight is 367 g/mol. The second-order valence-electron chi connectivity index (χ2n) is 6.90. The van der Waals surface area contributed by atoms with Crippen LogP contribution in [0, 0.1) is 0 Å². The summed E-state index contributed by atoms with van der Waals surface area (Å²) in [6.45, 7) is 6.16. The van der Waals surface area contributed by atoms with Gasteiger partial charge in [0.05, 0.1) is 0 Å². The van der Waals surface area contributed by atoms with Crippen molar-refractivity contribution < 1.29 is 9.59 Å². The summed E-state index contributed by atoms with van der Waals surface area (Å²) in [4.78, 5) is 28.9. The molecule has 1 aromatic carbocycles. The highest BCUT2D eigenvalue weighted by Crippen LogP contribution is 2.36. The molecule has 4 rings (SSSR count). The van der Waals surface area contributed by atoms with Crippen molar-refractivity contribution in [2.45, 2.75) is 25.7 Å². The molecule has 26 heavy (non-hydrogen) atoms. The lowest BCUT2D eigenvalue weighted by Gasteiger charge is -2.37. The Bertz CT molecular complexity index is 828. The van der Waals surface area contributed by atoms with E-state index >= 15 is 0 Å². The van der Waals surface area contributed by atoms with Gasteiger partial charge < -0.3 is 4.90 Å². The number of nitrogens with zero attached hydrogens (tertiary/aromatic N) is 2. The van der Waals surface area contributed by atoms with Gasteiger partial charge in [0, 0.05) is 25.3 Å². The molecule has 0 atom stereocenters. The van der Waals surface area contributed by atoms with Crippen molar-refractivity contribution in [1.82, 2.24) is 10.2 Å². The van der Waals surface area contributed by atoms with E-state index in [0.717, 1.165) is 44.3 Å². The molecule has 0 saturated carbocycles. The van der Waals surface area contributed by atoms with Crippen molar-refractivity contribution in [2.24, 2.45) is 0 Å². The van der Waals surface area contributed by atoms with Gasteiger partial charge in [0.2, 0.25) is 0 Å². The second kappa shape index (κ2) is 6.68. The van der Waals surface area contributed by atoms with Crippen molar-refractivity contribution in [2.75, 3.05) is 24.5 Å². The predicted molar refractivity (Wildman–Crippen MR) is 106 cm³/mol. The summed E-state index contributed by atoms with van der Waals surface area (Å²) >= 11 is 5.10. The highest BCUT2D eigenvalue weighted by atomic mass is 32.1. The molecule has 3 heterocycles. The fourth-order valence-electron chi connectivity index (χ4n) is 4.07. The Labute approximate surface area is 158 Å². The first-order valence-electron chi connectivity index (χ1n) is 8.99. The number of hydrogen-bond acceptors (Lipinski definition) is 4. The molecular formula is C20H21N3O2S. The molecule has 5 nitrogen and oxygen atoms in total. The van der Waals surface area contributed by atoms with Gasteiger partial charge >= 0.3 is 0 Å². The molecule has 0 spiro atoms. The molecule has 1 fully saturated rings. The van der Waals surface area contributed by atoms with Crippen molar-refractivity contribution in [3.8, 4) is 0 Å². The molecule has 1 N–H and O–H groups in total. The number of nitrogens with one attached hydrogen (secondary N) is 1. The number of carbonyl (C=O) groups is 2. The molecule has 3 aliphatic rings. The predicted octanol–water partition coefficient (Wildman–Crippen LogP) is 2.20. The van der Waals surface area contributed by atoms with E-state index in [1.165, 1.54) is 21.7 Å². The van der Waals surface area contributed by atoms with E-state index in [-0.39, 0.29) is 23.1 Å². The van der Waals surface area contributed by atoms with Crippen LogP contribution in [-0.4, -0.2) is 41.5 Å². The SMILES string of the molecule is C=CCN1C(=O)/C(=C/c2cc3c4c(c2)CCCN4CCC3)C(=O)NC1=S. The topological polar surface area (TPSA) is 52.7 Å². The van der Waals surface area contributed by atoms with Crippen LogP contribution in [0.4, 0.5) is 5.69 Å². The molecule has 134 valence electrons. The smallest absolute Gasteiger partial charge is 0.265 e. The number of anilines is 1. The van der Waals surface area contributed by atoms with Gasteiger partial charge in [0.15, 0.2) is 5.11 Å². The lowest BCUT2D eigenvalue weighted by Crippen LogP contribution is -2.53. The van der Waals surface area contributed by atoms with Gasteiger partial charge in [-0.15, -0.1) is 6.58 Å². The van der Waals surface area contributed by atoms with E-state index in [2.05, 4.69) is 28.9 Å². The molecule has 1 aromatic rings. The maximum Gasteiger partial charge on any atom is 0.265 e. The summed E-state index contributed by atoms with van der Waals surface area (Å²) in [7, 11) is 0. The Kier molecular flexibility index (Phi) is 4.36. The summed E-state index contributed by atoms with van der Waals surface area (Å²) in [6, 6.07) is 4.24. The minimum atomic E-state index is -0.437. The van der Waals surface area contributed by atoms with Crippen molar-refractivity contribution in [3.63, 3.8) is 0 Å². The fraction of sp³-hybridized carbons (Fsp3) is 0.350. The van der Waals surface area contributed by atoms with E-state index in [1.807, 2.05) is 0 Å². The van der Waals surface area contributed by atoms with Gasteiger partial charge in [0.1, 0.15) is 5.57 Å². The minimum Gasteiger partial charge on any atom is -0.371 e. The second-order valence-corrected chi connectivity index (χ2v) is 7.29. The first kappa shape index (κ1) is 17.0. The number of hydrogen-bond donors (Lipinski definition) is 1. The lowest BCUT2D eigenvalue weighted by atomic mass is 9.89. The van der Waals surface area contributed by atoms with E-state index in [4.69, 9.17) is 12.2 Å². The first-order chi connectivity index (χ1) is 12.6. The number of rotatable bonds is 3. The number of carbonyl (C=O) groups excluding carboxylic acids is 2. The number of benzene rings is 1. The Hall–Kier alpha value is -2.47. The molecule has 2 amide bonds. The zero-order valence-corrected chi connectivity index (χ0v) is 15.4. The van der Waals surface area contributed by atoms with Gasteiger partial charge in [-0.1, -0.05) is 6.08 Å². The van der Waals surface area contributed by atoms with Gasteiger partial charge in [-0.25, -0.2) is 0 Å². The number of aryl methyl sites for hydroxylation is 2. The maximum atomic E-state index is 12.7. The molecular weight excluding hydrogens is 346 g/mol. The summed E-state index contributed by atoms with van der Waals surface area (Å²) in [5.74, 6) is -0.806. The standard InChI is InChI=1S/C20H21N3O2S/c1-2-7-23-19(25)16(18(24)21-20(23)26)12-13-10-14-5-3-8-22-9-4-6-15(11-13)17(14)22/h2,10-12H,1,3-9H2,(H,21,24,26)/b16-12+. The van der Waals surface area contributed by atoms with Gasteiger partial charge in [0.25, 0.3) is 11.8 Å². The van der Waals surface area contributed by atoms with Crippen molar-refractivity contribution >= 4 is 40.9 Å². The van der Waals surface area contributed by atoms with Crippen LogP contribution in [-0.2, 0) is 22.4 Å². The van der Waals surface area contributed by atoms with Crippen LogP contribution in [0.2, 0.25) is 0 Å². The zero-order valence-electron chi connectivity index (χ0n) is 14.6. The van der Waals surface area contributed by atoms with Gasteiger partial charge in [-0.05, 0) is 72.8 Å². The molecule has 0 radical (unpaired) electrons. The normalized spacial score (nSPS) is 20.9. The Morgan fingerprint density at radius 2 is 1.81 bits per heavy atom. The molecule has 3 aliphatic heterocycles. The largest absolute Gasteiger partial charge is 0.371 e. The van der Waals surface area contributed by atoms with Crippen LogP contribution in [0.3, 0.4) is 0 Å². The first-order valence-corrected chi connectivity index (χ1v) is 9.40. The third-order valence-corrected chi connectivity index (χ3v) is 5.49. The van der Waals surface area contributed by atoms with Crippen LogP contribution >= 0.6 is 12.2 Å². The van der Waals surface area contributed by atoms with E-state index in [9.17, 15) is 9.59 Å². The number of thiocarbonyl (C=S) groups is 1. The molecule has 0 unspecified atom stereocenters. The van der Waals surface area contributed by atoms with Crippen LogP contribution in [0.1, 0.15) is 29.5 Å². The fourth-order valence-corrected chi connectivity index (χ4v) is 4.32. The van der Waals surface area contributed by atoms with E-state index in [0.29, 0.717) is 0 Å². The zero-order chi connectivity index (χ0) is 18.3. The summed E-state index contributed by atoms with van der Waals surface area (Å²) in [5, 5.41) is 2.73. The van der Waals surface area contributed by atoms with Crippen molar-refractivity contribution in [3.05, 3.63) is 47.1 Å². The Morgan fingerprint density at radius 3 is 2.42 bits per heavy atom. The minimum absolute atomic E-state index is 0.121. The average Bonchev–Trinajstić information content (AvgIpc) is 2.63. The van der Waals surface area contributed by atoms with E-state index in [1.54, 1.807) is 12.2 Å². The molecule has 0 aromatic heterocycles. The van der Waals surface area contributed by atoms with Crippen LogP contribution < -0.4 is 10.2 Å². The summed E-state index contributed by atoms with van der Waals surface area (Å²) in [6.07, 6.45) is 7.67. The molecule has 6 heteroatoms. The third-order valence-electron chi connectivity index (χ3n) is 5.16. The van der Waals surface area contributed by atoms with Gasteiger partial charge in [-0.3, -0.25) is 19.8 Å². The molecule has 0 aliphatic carbocycles. The third kappa shape index (κ3) is 2.84. The monoisotopic (exact) mass is 367 g/mol. The van der Waals surface area contributed by atoms with Crippen LogP contribution in [0.15, 0.2) is 30.4 Å². The Balaban J connectivity index is 1.74. The van der Waals surface area contributed by atoms with Crippen molar-refractivity contribution in [1.29, 1.82) is 0 Å². The molecule has 1 saturated heterocycles.